The summed E-state index contributed by atoms with van der Waals surface area (Å²) in [4.78, 5) is 37.3. The van der Waals surface area contributed by atoms with Crippen LogP contribution in [0, 0.1) is 3.57 Å². The van der Waals surface area contributed by atoms with Crippen molar-refractivity contribution in [3.05, 3.63) is 66.5 Å². The number of benzene rings is 1. The average Bonchev–Trinajstić information content (AvgIpc) is 3.05. The van der Waals surface area contributed by atoms with Crippen LogP contribution >= 0.6 is 22.6 Å². The molecule has 3 rings (SSSR count). The van der Waals surface area contributed by atoms with Crippen molar-refractivity contribution in [3.8, 4) is 0 Å². The molecule has 24 heavy (non-hydrogen) atoms. The molecule has 1 aliphatic heterocycles. The highest BCUT2D eigenvalue weighted by Crippen LogP contribution is 2.20. The Bertz CT molecular complexity index is 847. The molecule has 2 heterocycles. The number of H-pyrrole nitrogens is 1. The van der Waals surface area contributed by atoms with Gasteiger partial charge in [0.25, 0.3) is 5.56 Å². The van der Waals surface area contributed by atoms with Gasteiger partial charge in [0.2, 0.25) is 0 Å². The monoisotopic (exact) mass is 444 g/mol. The van der Waals surface area contributed by atoms with E-state index in [9.17, 15) is 14.4 Å². The van der Waals surface area contributed by atoms with Crippen molar-refractivity contribution in [2.45, 2.75) is 12.5 Å². The number of esters is 1. The van der Waals surface area contributed by atoms with Gasteiger partial charge < -0.3 is 14.2 Å². The number of ether oxygens (including phenoxy) is 3. The summed E-state index contributed by atoms with van der Waals surface area (Å²) in [7, 11) is 0. The molecule has 0 radical (unpaired) electrons. The smallest absolute Gasteiger partial charge is 0.338 e. The van der Waals surface area contributed by atoms with E-state index in [-0.39, 0.29) is 13.2 Å². The fraction of sp³-hybridized carbons (Fsp3) is 0.267. The zero-order chi connectivity index (χ0) is 17.1. The Balaban J connectivity index is 1.60. The van der Waals surface area contributed by atoms with Gasteiger partial charge in [-0.1, -0.05) is 18.2 Å². The van der Waals surface area contributed by atoms with Gasteiger partial charge in [-0.25, -0.2) is 9.59 Å². The van der Waals surface area contributed by atoms with Gasteiger partial charge in [-0.2, -0.15) is 0 Å². The largest absolute Gasteiger partial charge is 0.457 e. The Kier molecular flexibility index (Phi) is 5.11. The maximum Gasteiger partial charge on any atom is 0.338 e. The second kappa shape index (κ2) is 7.28. The lowest BCUT2D eigenvalue weighted by atomic mass is 10.2. The predicted octanol–water partition coefficient (Wildman–Crippen LogP) is 0.870. The molecule has 1 saturated heterocycles. The molecule has 2 aromatic rings. The molecule has 1 N–H and O–H groups in total. The summed E-state index contributed by atoms with van der Waals surface area (Å²) in [6.07, 6.45) is -0.0730. The maximum absolute atomic E-state index is 11.9. The van der Waals surface area contributed by atoms with E-state index in [4.69, 9.17) is 14.2 Å². The topological polar surface area (TPSA) is 99.6 Å². The summed E-state index contributed by atoms with van der Waals surface area (Å²) in [5.41, 5.74) is -0.612. The molecule has 126 valence electrons. The van der Waals surface area contributed by atoms with Crippen molar-refractivity contribution in [1.29, 1.82) is 0 Å². The molecule has 0 spiro atoms. The molecule has 2 atom stereocenters. The summed E-state index contributed by atoms with van der Waals surface area (Å²) in [5.74, 6) is -0.484. The Hall–Kier alpha value is -1.98. The van der Waals surface area contributed by atoms with E-state index in [1.54, 1.807) is 30.3 Å². The minimum Gasteiger partial charge on any atom is -0.457 e. The molecule has 1 aromatic heterocycles. The van der Waals surface area contributed by atoms with Crippen molar-refractivity contribution in [1.82, 2.24) is 9.55 Å². The highest BCUT2D eigenvalue weighted by molar-refractivity contribution is 14.1. The average molecular weight is 444 g/mol. The lowest BCUT2D eigenvalue weighted by molar-refractivity contribution is -0.103. The van der Waals surface area contributed by atoms with Crippen LogP contribution < -0.4 is 11.2 Å². The van der Waals surface area contributed by atoms with Crippen LogP contribution in [0.15, 0.2) is 46.1 Å². The van der Waals surface area contributed by atoms with Gasteiger partial charge >= 0.3 is 11.7 Å². The molecule has 1 fully saturated rings. The number of aromatic nitrogens is 2. The Labute approximate surface area is 149 Å². The van der Waals surface area contributed by atoms with Crippen LogP contribution in [0.25, 0.3) is 0 Å². The summed E-state index contributed by atoms with van der Waals surface area (Å²) in [6.45, 7) is 0.00894. The van der Waals surface area contributed by atoms with Crippen LogP contribution in [0.2, 0.25) is 0 Å². The quantitative estimate of drug-likeness (QED) is 0.555. The fourth-order valence-electron chi connectivity index (χ4n) is 2.15. The fourth-order valence-corrected chi connectivity index (χ4v) is 2.59. The highest BCUT2D eigenvalue weighted by Gasteiger charge is 2.29. The summed E-state index contributed by atoms with van der Waals surface area (Å²) in [5, 5.41) is 0. The van der Waals surface area contributed by atoms with Crippen LogP contribution in [-0.2, 0) is 14.2 Å². The van der Waals surface area contributed by atoms with E-state index in [2.05, 4.69) is 4.98 Å². The number of carbonyl (C=O) groups excluding carboxylic acids is 1. The zero-order valence-corrected chi connectivity index (χ0v) is 14.5. The molecule has 0 aliphatic carbocycles. The van der Waals surface area contributed by atoms with Gasteiger partial charge in [0, 0.05) is 6.20 Å². The molecule has 1 aromatic carbocycles. The van der Waals surface area contributed by atoms with E-state index in [1.165, 1.54) is 10.8 Å². The zero-order valence-electron chi connectivity index (χ0n) is 12.3. The molecule has 0 amide bonds. The Morgan fingerprint density at radius 3 is 2.83 bits per heavy atom. The van der Waals surface area contributed by atoms with Crippen molar-refractivity contribution < 1.29 is 19.0 Å². The van der Waals surface area contributed by atoms with E-state index < -0.39 is 29.7 Å². The first-order valence-electron chi connectivity index (χ1n) is 7.05. The first-order chi connectivity index (χ1) is 11.5. The molecule has 1 unspecified atom stereocenters. The van der Waals surface area contributed by atoms with Gasteiger partial charge in [-0.3, -0.25) is 14.3 Å². The van der Waals surface area contributed by atoms with Gasteiger partial charge in [-0.15, -0.1) is 0 Å². The highest BCUT2D eigenvalue weighted by atomic mass is 127. The van der Waals surface area contributed by atoms with Crippen molar-refractivity contribution in [2.75, 3.05) is 13.2 Å². The molecule has 9 heteroatoms. The molecule has 1 aliphatic rings. The summed E-state index contributed by atoms with van der Waals surface area (Å²) >= 11 is 1.82. The van der Waals surface area contributed by atoms with Crippen LogP contribution in [-0.4, -0.2) is 35.0 Å². The molecular weight excluding hydrogens is 431 g/mol. The normalized spacial score (nSPS) is 20.0. The van der Waals surface area contributed by atoms with Gasteiger partial charge in [0.1, 0.15) is 6.61 Å². The van der Waals surface area contributed by atoms with E-state index in [0.717, 1.165) is 0 Å². The van der Waals surface area contributed by atoms with Crippen molar-refractivity contribution >= 4 is 28.6 Å². The summed E-state index contributed by atoms with van der Waals surface area (Å²) in [6, 6.07) is 8.55. The van der Waals surface area contributed by atoms with Crippen LogP contribution in [0.3, 0.4) is 0 Å². The third kappa shape index (κ3) is 3.74. The SMILES string of the molecule is O=C(OC[C@H]1OCC(n2cc(I)c(=O)[nH]c2=O)O1)c1ccccc1. The van der Waals surface area contributed by atoms with Gasteiger partial charge in [0.15, 0.2) is 12.5 Å². The van der Waals surface area contributed by atoms with Crippen LogP contribution in [0.5, 0.6) is 0 Å². The number of carbonyl (C=O) groups is 1. The Morgan fingerprint density at radius 2 is 2.08 bits per heavy atom. The van der Waals surface area contributed by atoms with Gasteiger partial charge in [0.05, 0.1) is 15.7 Å². The number of hydrogen-bond donors (Lipinski definition) is 1. The number of halogens is 1. The first-order valence-corrected chi connectivity index (χ1v) is 8.12. The second-order valence-electron chi connectivity index (χ2n) is 4.96. The van der Waals surface area contributed by atoms with E-state index in [1.807, 2.05) is 22.6 Å². The number of hydrogen-bond acceptors (Lipinski definition) is 6. The number of nitrogens with one attached hydrogen (secondary N) is 1. The lowest BCUT2D eigenvalue weighted by Gasteiger charge is -2.13. The van der Waals surface area contributed by atoms with Crippen molar-refractivity contribution in [3.63, 3.8) is 0 Å². The predicted molar refractivity (Wildman–Crippen MR) is 90.6 cm³/mol. The Morgan fingerprint density at radius 1 is 1.33 bits per heavy atom. The first kappa shape index (κ1) is 16.9. The van der Waals surface area contributed by atoms with E-state index in [0.29, 0.717) is 9.13 Å². The number of nitrogens with zero attached hydrogens (tertiary/aromatic N) is 1. The standard InChI is InChI=1S/C15H13IN2O6/c16-10-6-18(15(21)17-13(10)19)11-7-22-12(24-11)8-23-14(20)9-4-2-1-3-5-9/h1-6,11-12H,7-8H2,(H,17,19,21)/t11?,12-/m0/s1. The molecule has 0 saturated carbocycles. The lowest BCUT2D eigenvalue weighted by Crippen LogP contribution is -2.34. The van der Waals surface area contributed by atoms with Crippen LogP contribution in [0.4, 0.5) is 0 Å². The maximum atomic E-state index is 11.9. The second-order valence-corrected chi connectivity index (χ2v) is 6.12. The minimum atomic E-state index is -0.779. The number of rotatable bonds is 4. The van der Waals surface area contributed by atoms with Gasteiger partial charge in [-0.05, 0) is 34.7 Å². The van der Waals surface area contributed by atoms with Crippen LogP contribution in [0.1, 0.15) is 16.6 Å². The molecule has 0 bridgehead atoms. The molecular formula is C15H13IN2O6. The number of aromatic amines is 1. The third-order valence-corrected chi connectivity index (χ3v) is 4.10. The minimum absolute atomic E-state index is 0.0978. The van der Waals surface area contributed by atoms with Crippen molar-refractivity contribution in [2.24, 2.45) is 0 Å². The molecule has 8 nitrogen and oxygen atoms in total. The van der Waals surface area contributed by atoms with E-state index >= 15 is 0 Å². The third-order valence-electron chi connectivity index (χ3n) is 3.33. The summed E-state index contributed by atoms with van der Waals surface area (Å²) < 4.78 is 17.7.